The van der Waals surface area contributed by atoms with Crippen LogP contribution in [-0.4, -0.2) is 15.7 Å². The number of hydrogen-bond donors (Lipinski definition) is 0. The summed E-state index contributed by atoms with van der Waals surface area (Å²) in [4.78, 5) is 3.42. The zero-order chi connectivity index (χ0) is 9.19. The average molecular weight is 175 g/mol. The van der Waals surface area contributed by atoms with Gasteiger partial charge in [0.25, 0.3) is 0 Å². The Morgan fingerprint density at radius 1 is 1.58 bits per heavy atom. The quantitative estimate of drug-likeness (QED) is 0.645. The fourth-order valence-electron chi connectivity index (χ4n) is 0.733. The van der Waals surface area contributed by atoms with E-state index in [2.05, 4.69) is 4.98 Å². The minimum atomic E-state index is -4.31. The minimum absolute atomic E-state index is 0.0904. The molecule has 3 nitrogen and oxygen atoms in total. The van der Waals surface area contributed by atoms with Crippen LogP contribution >= 0.6 is 0 Å². The van der Waals surface area contributed by atoms with Crippen molar-refractivity contribution < 1.29 is 13.2 Å². The molecule has 0 aliphatic rings. The molecule has 0 aliphatic heterocycles. The van der Waals surface area contributed by atoms with E-state index in [1.807, 2.05) is 0 Å². The van der Waals surface area contributed by atoms with E-state index in [0.717, 1.165) is 17.1 Å². The van der Waals surface area contributed by atoms with E-state index in [1.165, 1.54) is 0 Å². The number of aromatic nitrogens is 2. The third-order valence-corrected chi connectivity index (χ3v) is 1.18. The maximum absolute atomic E-state index is 11.8. The summed E-state index contributed by atoms with van der Waals surface area (Å²) in [6, 6.07) is 1.60. The molecule has 0 N–H and O–H groups in total. The molecule has 64 valence electrons. The van der Waals surface area contributed by atoms with Crippen molar-refractivity contribution in [2.24, 2.45) is 0 Å². The van der Waals surface area contributed by atoms with Crippen LogP contribution in [0.15, 0.2) is 12.5 Å². The molecule has 0 aromatic carbocycles. The van der Waals surface area contributed by atoms with Crippen LogP contribution in [0.5, 0.6) is 0 Å². The van der Waals surface area contributed by atoms with Gasteiger partial charge in [0.05, 0.1) is 12.5 Å². The zero-order valence-electron chi connectivity index (χ0n) is 5.84. The first-order chi connectivity index (χ1) is 5.53. The smallest absolute Gasteiger partial charge is 0.313 e. The molecule has 0 aliphatic carbocycles. The normalized spacial score (nSPS) is 11.2. The Hall–Kier alpha value is -1.51. The minimum Gasteiger partial charge on any atom is -0.313 e. The summed E-state index contributed by atoms with van der Waals surface area (Å²) in [6.07, 6.45) is -2.25. The highest BCUT2D eigenvalue weighted by Crippen LogP contribution is 2.17. The van der Waals surface area contributed by atoms with E-state index in [0.29, 0.717) is 0 Å². The highest BCUT2D eigenvalue weighted by molar-refractivity contribution is 5.17. The summed E-state index contributed by atoms with van der Waals surface area (Å²) in [5, 5.41) is 8.33. The van der Waals surface area contributed by atoms with Crippen molar-refractivity contribution in [3.05, 3.63) is 18.2 Å². The largest absolute Gasteiger partial charge is 0.406 e. The lowest BCUT2D eigenvalue weighted by Crippen LogP contribution is -2.17. The molecule has 1 heterocycles. The van der Waals surface area contributed by atoms with Gasteiger partial charge in [-0.25, -0.2) is 4.98 Å². The summed E-state index contributed by atoms with van der Waals surface area (Å²) in [7, 11) is 0. The van der Waals surface area contributed by atoms with Gasteiger partial charge in [0.1, 0.15) is 18.3 Å². The zero-order valence-corrected chi connectivity index (χ0v) is 5.84. The maximum atomic E-state index is 11.8. The Bertz CT molecular complexity index is 307. The lowest BCUT2D eigenvalue weighted by molar-refractivity contribution is -0.140. The number of rotatable bonds is 1. The molecule has 1 aromatic heterocycles. The molecule has 12 heavy (non-hydrogen) atoms. The van der Waals surface area contributed by atoms with E-state index in [-0.39, 0.29) is 5.69 Å². The van der Waals surface area contributed by atoms with Gasteiger partial charge in [-0.15, -0.1) is 0 Å². The first-order valence-electron chi connectivity index (χ1n) is 3.00. The van der Waals surface area contributed by atoms with Gasteiger partial charge in [-0.2, -0.15) is 18.4 Å². The number of nitrogens with zero attached hydrogens (tertiary/aromatic N) is 3. The lowest BCUT2D eigenvalue weighted by Gasteiger charge is -2.06. The van der Waals surface area contributed by atoms with Gasteiger partial charge in [-0.1, -0.05) is 0 Å². The first-order valence-corrected chi connectivity index (χ1v) is 3.00. The predicted octanol–water partition coefficient (Wildman–Crippen LogP) is 1.32. The number of nitriles is 1. The molecule has 0 spiro atoms. The summed E-state index contributed by atoms with van der Waals surface area (Å²) < 4.78 is 36.1. The van der Waals surface area contributed by atoms with E-state index in [4.69, 9.17) is 5.26 Å². The highest BCUT2D eigenvalue weighted by atomic mass is 19.4. The second-order valence-corrected chi connectivity index (χ2v) is 2.13. The molecule has 0 saturated heterocycles. The van der Waals surface area contributed by atoms with Crippen molar-refractivity contribution in [3.8, 4) is 6.07 Å². The van der Waals surface area contributed by atoms with Gasteiger partial charge in [0.2, 0.25) is 0 Å². The van der Waals surface area contributed by atoms with Crippen molar-refractivity contribution in [1.82, 2.24) is 9.55 Å². The van der Waals surface area contributed by atoms with Crippen molar-refractivity contribution >= 4 is 0 Å². The standard InChI is InChI=1S/C6H4F3N3/c7-6(8,9)3-12-4-11-2-5(12)1-10/h2,4H,3H2. The fraction of sp³-hybridized carbons (Fsp3) is 0.333. The average Bonchev–Trinajstić information content (AvgIpc) is 2.31. The third kappa shape index (κ3) is 1.99. The van der Waals surface area contributed by atoms with Crippen LogP contribution in [-0.2, 0) is 6.54 Å². The van der Waals surface area contributed by atoms with Gasteiger partial charge in [0, 0.05) is 0 Å². The van der Waals surface area contributed by atoms with Crippen LogP contribution in [0.25, 0.3) is 0 Å². The van der Waals surface area contributed by atoms with Crippen molar-refractivity contribution in [2.75, 3.05) is 0 Å². The van der Waals surface area contributed by atoms with Crippen molar-refractivity contribution in [2.45, 2.75) is 12.7 Å². The lowest BCUT2D eigenvalue weighted by atomic mass is 10.5. The van der Waals surface area contributed by atoms with E-state index < -0.39 is 12.7 Å². The van der Waals surface area contributed by atoms with Crippen LogP contribution in [0.3, 0.4) is 0 Å². The van der Waals surface area contributed by atoms with Gasteiger partial charge in [0.15, 0.2) is 0 Å². The van der Waals surface area contributed by atoms with Gasteiger partial charge in [-0.3, -0.25) is 0 Å². The van der Waals surface area contributed by atoms with Gasteiger partial charge >= 0.3 is 6.18 Å². The third-order valence-electron chi connectivity index (χ3n) is 1.18. The number of hydrogen-bond acceptors (Lipinski definition) is 2. The van der Waals surface area contributed by atoms with Crippen LogP contribution in [0, 0.1) is 11.3 Å². The molecular formula is C6H4F3N3. The molecule has 0 bridgehead atoms. The molecule has 0 fully saturated rings. The SMILES string of the molecule is N#Cc1cncn1CC(F)(F)F. The van der Waals surface area contributed by atoms with Crippen LogP contribution in [0.4, 0.5) is 13.2 Å². The second kappa shape index (κ2) is 2.85. The summed E-state index contributed by atoms with van der Waals surface area (Å²) in [5.41, 5.74) is -0.0904. The summed E-state index contributed by atoms with van der Waals surface area (Å²) in [5.74, 6) is 0. The molecule has 6 heteroatoms. The number of alkyl halides is 3. The van der Waals surface area contributed by atoms with Crippen LogP contribution in [0.1, 0.15) is 5.69 Å². The predicted molar refractivity (Wildman–Crippen MR) is 33.0 cm³/mol. The Morgan fingerprint density at radius 2 is 2.25 bits per heavy atom. The Labute approximate surface area is 66.1 Å². The fourth-order valence-corrected chi connectivity index (χ4v) is 0.733. The number of halogens is 3. The Balaban J connectivity index is 2.84. The molecule has 0 saturated carbocycles. The molecule has 0 amide bonds. The molecule has 0 atom stereocenters. The summed E-state index contributed by atoms with van der Waals surface area (Å²) in [6.45, 7) is -1.17. The van der Waals surface area contributed by atoms with E-state index in [1.54, 1.807) is 6.07 Å². The van der Waals surface area contributed by atoms with E-state index in [9.17, 15) is 13.2 Å². The van der Waals surface area contributed by atoms with Crippen molar-refractivity contribution in [3.63, 3.8) is 0 Å². The van der Waals surface area contributed by atoms with Gasteiger partial charge in [-0.05, 0) is 0 Å². The topological polar surface area (TPSA) is 41.6 Å². The number of imidazole rings is 1. The Morgan fingerprint density at radius 3 is 2.75 bits per heavy atom. The summed E-state index contributed by atoms with van der Waals surface area (Å²) >= 11 is 0. The first kappa shape index (κ1) is 8.59. The second-order valence-electron chi connectivity index (χ2n) is 2.13. The van der Waals surface area contributed by atoms with E-state index >= 15 is 0 Å². The molecule has 0 radical (unpaired) electrons. The molecule has 0 unspecified atom stereocenters. The monoisotopic (exact) mass is 175 g/mol. The van der Waals surface area contributed by atoms with Crippen molar-refractivity contribution in [1.29, 1.82) is 5.26 Å². The maximum Gasteiger partial charge on any atom is 0.406 e. The highest BCUT2D eigenvalue weighted by Gasteiger charge is 2.28. The van der Waals surface area contributed by atoms with Crippen LogP contribution < -0.4 is 0 Å². The molecule has 1 aromatic rings. The Kier molecular flexibility index (Phi) is 2.04. The van der Waals surface area contributed by atoms with Crippen LogP contribution in [0.2, 0.25) is 0 Å². The van der Waals surface area contributed by atoms with Gasteiger partial charge < -0.3 is 4.57 Å². The molecular weight excluding hydrogens is 171 g/mol. The molecule has 1 rings (SSSR count).